The lowest BCUT2D eigenvalue weighted by Gasteiger charge is -2.18. The van der Waals surface area contributed by atoms with Crippen molar-refractivity contribution in [2.75, 3.05) is 7.11 Å². The fourth-order valence-electron chi connectivity index (χ4n) is 3.12. The fraction of sp³-hybridized carbons (Fsp3) is 0.130. The van der Waals surface area contributed by atoms with Crippen molar-refractivity contribution in [3.63, 3.8) is 0 Å². The van der Waals surface area contributed by atoms with Gasteiger partial charge < -0.3 is 14.8 Å². The normalized spacial score (nSPS) is 17.8. The molecule has 28 heavy (non-hydrogen) atoms. The second-order valence-corrected chi connectivity index (χ2v) is 6.35. The third-order valence-electron chi connectivity index (χ3n) is 4.48. The summed E-state index contributed by atoms with van der Waals surface area (Å²) in [6.45, 7) is 0. The third-order valence-corrected chi connectivity index (χ3v) is 4.48. The minimum atomic E-state index is -0.471. The monoisotopic (exact) mass is 370 g/mol. The first-order valence-corrected chi connectivity index (χ1v) is 8.86. The molecule has 1 amide bonds. The molecule has 2 aromatic carbocycles. The number of amides is 1. The van der Waals surface area contributed by atoms with Crippen molar-refractivity contribution >= 4 is 6.09 Å². The first-order chi connectivity index (χ1) is 13.7. The Hall–Kier alpha value is -3.78. The van der Waals surface area contributed by atoms with Gasteiger partial charge in [-0.1, -0.05) is 42.2 Å². The number of benzene rings is 2. The molecule has 3 aromatic rings. The number of cyclic esters (lactones) is 1. The van der Waals surface area contributed by atoms with Crippen molar-refractivity contribution < 1.29 is 14.3 Å². The highest BCUT2D eigenvalue weighted by Gasteiger charge is 2.36. The minimum Gasteiger partial charge on any atom is -0.497 e. The van der Waals surface area contributed by atoms with Gasteiger partial charge in [-0.2, -0.15) is 0 Å². The smallest absolute Gasteiger partial charge is 0.408 e. The second kappa shape index (κ2) is 7.85. The van der Waals surface area contributed by atoms with E-state index in [1.165, 1.54) is 0 Å². The largest absolute Gasteiger partial charge is 0.497 e. The van der Waals surface area contributed by atoms with Gasteiger partial charge in [0.25, 0.3) is 0 Å². The lowest BCUT2D eigenvalue weighted by molar-refractivity contribution is 0.132. The Morgan fingerprint density at radius 3 is 2.61 bits per heavy atom. The molecular weight excluding hydrogens is 352 g/mol. The van der Waals surface area contributed by atoms with E-state index in [2.05, 4.69) is 22.1 Å². The van der Waals surface area contributed by atoms with Gasteiger partial charge >= 0.3 is 6.09 Å². The van der Waals surface area contributed by atoms with E-state index in [-0.39, 0.29) is 6.04 Å². The van der Waals surface area contributed by atoms with E-state index in [1.807, 2.05) is 60.7 Å². The number of carbonyl (C=O) groups is 1. The quantitative estimate of drug-likeness (QED) is 0.708. The average Bonchev–Trinajstić information content (AvgIpc) is 3.15. The molecular formula is C23H18N2O3. The highest BCUT2D eigenvalue weighted by Crippen LogP contribution is 2.37. The van der Waals surface area contributed by atoms with E-state index >= 15 is 0 Å². The third kappa shape index (κ3) is 3.81. The van der Waals surface area contributed by atoms with Gasteiger partial charge in [-0.3, -0.25) is 4.98 Å². The van der Waals surface area contributed by atoms with Crippen molar-refractivity contribution in [3.05, 3.63) is 95.3 Å². The predicted octanol–water partition coefficient (Wildman–Crippen LogP) is 4.01. The van der Waals surface area contributed by atoms with Crippen molar-refractivity contribution in [3.8, 4) is 17.6 Å². The molecule has 0 saturated carbocycles. The summed E-state index contributed by atoms with van der Waals surface area (Å²) < 4.78 is 10.8. The summed E-state index contributed by atoms with van der Waals surface area (Å²) in [5.41, 5.74) is 3.38. The maximum atomic E-state index is 11.9. The molecule has 1 saturated heterocycles. The summed E-state index contributed by atoms with van der Waals surface area (Å²) in [5, 5.41) is 2.87. The Kier molecular flexibility index (Phi) is 4.94. The standard InChI is InChI=1S/C23H18N2O3/c1-27-20-9-5-8-18(13-20)22-21(25-23(26)28-22)19-12-17(14-24-15-19)11-10-16-6-3-2-4-7-16/h2-9,12-15,21-22H,1H3,(H,25,26)/t21-,22-/m1/s1. The molecule has 138 valence electrons. The Bertz CT molecular complexity index is 1050. The SMILES string of the molecule is COc1cccc([C@H]2OC(=O)N[C@@H]2c2cncc(C#Cc3ccccc3)c2)c1. The zero-order chi connectivity index (χ0) is 19.3. The Labute approximate surface area is 163 Å². The lowest BCUT2D eigenvalue weighted by atomic mass is 9.96. The van der Waals surface area contributed by atoms with E-state index < -0.39 is 12.2 Å². The molecule has 2 heterocycles. The average molecular weight is 370 g/mol. The number of pyridine rings is 1. The van der Waals surface area contributed by atoms with Gasteiger partial charge in [0.15, 0.2) is 6.10 Å². The number of alkyl carbamates (subject to hydrolysis) is 1. The second-order valence-electron chi connectivity index (χ2n) is 6.35. The zero-order valence-electron chi connectivity index (χ0n) is 15.3. The van der Waals surface area contributed by atoms with Crippen LogP contribution in [0.4, 0.5) is 4.79 Å². The van der Waals surface area contributed by atoms with Crippen LogP contribution in [0.2, 0.25) is 0 Å². The molecule has 1 fully saturated rings. The van der Waals surface area contributed by atoms with Crippen LogP contribution in [0.3, 0.4) is 0 Å². The molecule has 1 aliphatic rings. The van der Waals surface area contributed by atoms with Gasteiger partial charge in [0.2, 0.25) is 0 Å². The number of nitrogens with one attached hydrogen (secondary N) is 1. The van der Waals surface area contributed by atoms with Gasteiger partial charge in [-0.15, -0.1) is 0 Å². The number of hydrogen-bond donors (Lipinski definition) is 1. The van der Waals surface area contributed by atoms with Crippen molar-refractivity contribution in [1.29, 1.82) is 0 Å². The maximum Gasteiger partial charge on any atom is 0.408 e. The molecule has 0 radical (unpaired) electrons. The summed E-state index contributed by atoms with van der Waals surface area (Å²) in [4.78, 5) is 16.2. The topological polar surface area (TPSA) is 60.5 Å². The van der Waals surface area contributed by atoms with Gasteiger partial charge in [0, 0.05) is 23.5 Å². The highest BCUT2D eigenvalue weighted by molar-refractivity contribution is 5.71. The summed E-state index contributed by atoms with van der Waals surface area (Å²) in [5.74, 6) is 6.95. The molecule has 0 bridgehead atoms. The molecule has 5 nitrogen and oxygen atoms in total. The summed E-state index contributed by atoms with van der Waals surface area (Å²) in [6, 6.07) is 18.8. The number of methoxy groups -OCH3 is 1. The molecule has 1 aliphatic heterocycles. The van der Waals surface area contributed by atoms with Gasteiger partial charge in [0.05, 0.1) is 7.11 Å². The van der Waals surface area contributed by atoms with Crippen LogP contribution in [0.1, 0.15) is 34.4 Å². The molecule has 1 N–H and O–H groups in total. The van der Waals surface area contributed by atoms with Crippen LogP contribution in [0.15, 0.2) is 73.1 Å². The number of rotatable bonds is 3. The van der Waals surface area contributed by atoms with E-state index in [1.54, 1.807) is 19.5 Å². The fourth-order valence-corrected chi connectivity index (χ4v) is 3.12. The molecule has 0 aliphatic carbocycles. The first-order valence-electron chi connectivity index (χ1n) is 8.86. The predicted molar refractivity (Wildman–Crippen MR) is 105 cm³/mol. The van der Waals surface area contributed by atoms with Gasteiger partial charge in [0.1, 0.15) is 11.8 Å². The number of carbonyl (C=O) groups excluding carboxylic acids is 1. The summed E-state index contributed by atoms with van der Waals surface area (Å²) >= 11 is 0. The van der Waals surface area contributed by atoms with Crippen molar-refractivity contribution in [1.82, 2.24) is 10.3 Å². The van der Waals surface area contributed by atoms with Crippen LogP contribution in [0, 0.1) is 11.8 Å². The van der Waals surface area contributed by atoms with Crippen LogP contribution in [0.25, 0.3) is 0 Å². The molecule has 5 heteroatoms. The summed E-state index contributed by atoms with van der Waals surface area (Å²) in [7, 11) is 1.61. The molecule has 4 rings (SSSR count). The molecule has 0 spiro atoms. The van der Waals surface area contributed by atoms with Crippen molar-refractivity contribution in [2.24, 2.45) is 0 Å². The molecule has 2 atom stereocenters. The Morgan fingerprint density at radius 1 is 0.964 bits per heavy atom. The van der Waals surface area contributed by atoms with E-state index in [0.717, 1.165) is 22.3 Å². The molecule has 1 aromatic heterocycles. The van der Waals surface area contributed by atoms with E-state index in [9.17, 15) is 4.79 Å². The van der Waals surface area contributed by atoms with Crippen LogP contribution in [-0.2, 0) is 4.74 Å². The Balaban J connectivity index is 1.64. The molecule has 0 unspecified atom stereocenters. The van der Waals surface area contributed by atoms with Crippen LogP contribution >= 0.6 is 0 Å². The van der Waals surface area contributed by atoms with Crippen molar-refractivity contribution in [2.45, 2.75) is 12.1 Å². The maximum absolute atomic E-state index is 11.9. The number of nitrogens with zero attached hydrogens (tertiary/aromatic N) is 1. The number of hydrogen-bond acceptors (Lipinski definition) is 4. The van der Waals surface area contributed by atoms with Crippen LogP contribution in [-0.4, -0.2) is 18.2 Å². The number of ether oxygens (including phenoxy) is 2. The van der Waals surface area contributed by atoms with Gasteiger partial charge in [-0.05, 0) is 41.5 Å². The minimum absolute atomic E-state index is 0.356. The van der Waals surface area contributed by atoms with E-state index in [4.69, 9.17) is 9.47 Å². The summed E-state index contributed by atoms with van der Waals surface area (Å²) in [6.07, 6.45) is 2.50. The van der Waals surface area contributed by atoms with Crippen LogP contribution in [0.5, 0.6) is 5.75 Å². The Morgan fingerprint density at radius 2 is 1.79 bits per heavy atom. The van der Waals surface area contributed by atoms with E-state index in [0.29, 0.717) is 5.75 Å². The number of aromatic nitrogens is 1. The lowest BCUT2D eigenvalue weighted by Crippen LogP contribution is -2.19. The first kappa shape index (κ1) is 17.6. The van der Waals surface area contributed by atoms with Gasteiger partial charge in [-0.25, -0.2) is 4.79 Å². The van der Waals surface area contributed by atoms with Crippen LogP contribution < -0.4 is 10.1 Å². The zero-order valence-corrected chi connectivity index (χ0v) is 15.3. The highest BCUT2D eigenvalue weighted by atomic mass is 16.6.